The van der Waals surface area contributed by atoms with Crippen molar-refractivity contribution in [1.82, 2.24) is 0 Å². The highest BCUT2D eigenvalue weighted by atomic mass is 19.3. The molecule has 1 fully saturated rings. The lowest BCUT2D eigenvalue weighted by atomic mass is 10.1. The van der Waals surface area contributed by atoms with Crippen LogP contribution in [0, 0.1) is 5.92 Å². The van der Waals surface area contributed by atoms with Gasteiger partial charge in [0.15, 0.2) is 0 Å². The number of nitrogens with two attached hydrogens (primary N) is 1. The minimum atomic E-state index is -2.38. The lowest BCUT2D eigenvalue weighted by Gasteiger charge is -2.05. The van der Waals surface area contributed by atoms with Crippen molar-refractivity contribution in [2.45, 2.75) is 38.2 Å². The number of halogens is 2. The number of hydrogen-bond acceptors (Lipinski definition) is 1. The standard InChI is InChI=1S/C7H13F2N/c1-2-6(10)3-5-4-7(5,8)9/h5-6H,2-4,10H2,1H3/t5-,6-/m1/s1. The highest BCUT2D eigenvalue weighted by Gasteiger charge is 2.56. The molecule has 0 heterocycles. The van der Waals surface area contributed by atoms with Crippen LogP contribution in [-0.4, -0.2) is 12.0 Å². The Morgan fingerprint density at radius 2 is 2.20 bits per heavy atom. The fraction of sp³-hybridized carbons (Fsp3) is 1.00. The average Bonchev–Trinajstić information content (AvgIpc) is 2.40. The summed E-state index contributed by atoms with van der Waals surface area (Å²) in [6, 6.07) is -0.0293. The van der Waals surface area contributed by atoms with Crippen molar-refractivity contribution < 1.29 is 8.78 Å². The molecule has 2 N–H and O–H groups in total. The van der Waals surface area contributed by atoms with Crippen molar-refractivity contribution in [3.63, 3.8) is 0 Å². The van der Waals surface area contributed by atoms with Gasteiger partial charge in [-0.05, 0) is 12.8 Å². The van der Waals surface area contributed by atoms with Crippen LogP contribution in [0.5, 0.6) is 0 Å². The van der Waals surface area contributed by atoms with E-state index in [4.69, 9.17) is 5.73 Å². The zero-order valence-electron chi connectivity index (χ0n) is 6.11. The Morgan fingerprint density at radius 1 is 1.70 bits per heavy atom. The van der Waals surface area contributed by atoms with Crippen molar-refractivity contribution in [1.29, 1.82) is 0 Å². The van der Waals surface area contributed by atoms with Crippen molar-refractivity contribution in [3.05, 3.63) is 0 Å². The fourth-order valence-corrected chi connectivity index (χ4v) is 1.06. The Morgan fingerprint density at radius 3 is 2.50 bits per heavy atom. The first-order valence-corrected chi connectivity index (χ1v) is 3.69. The maximum Gasteiger partial charge on any atom is 0.251 e. The molecule has 0 unspecified atom stereocenters. The smallest absolute Gasteiger partial charge is 0.251 e. The maximum absolute atomic E-state index is 12.2. The van der Waals surface area contributed by atoms with Gasteiger partial charge in [0.1, 0.15) is 0 Å². The van der Waals surface area contributed by atoms with Gasteiger partial charge < -0.3 is 5.73 Å². The molecule has 1 rings (SSSR count). The van der Waals surface area contributed by atoms with Crippen LogP contribution in [0.3, 0.4) is 0 Å². The summed E-state index contributed by atoms with van der Waals surface area (Å²) in [5, 5.41) is 0. The van der Waals surface area contributed by atoms with Gasteiger partial charge in [-0.15, -0.1) is 0 Å². The van der Waals surface area contributed by atoms with E-state index in [2.05, 4.69) is 0 Å². The zero-order valence-corrected chi connectivity index (χ0v) is 6.11. The molecule has 0 aliphatic heterocycles. The van der Waals surface area contributed by atoms with Gasteiger partial charge in [-0.25, -0.2) is 8.78 Å². The van der Waals surface area contributed by atoms with Gasteiger partial charge in [0.2, 0.25) is 0 Å². The molecule has 0 aromatic rings. The van der Waals surface area contributed by atoms with Crippen LogP contribution in [0.4, 0.5) is 8.78 Å². The van der Waals surface area contributed by atoms with Gasteiger partial charge in [0, 0.05) is 18.4 Å². The first kappa shape index (κ1) is 7.92. The normalized spacial score (nSPS) is 31.8. The lowest BCUT2D eigenvalue weighted by Crippen LogP contribution is -2.20. The molecule has 1 aliphatic rings. The molecule has 0 aromatic heterocycles. The fourth-order valence-electron chi connectivity index (χ4n) is 1.06. The Hall–Kier alpha value is -0.180. The van der Waals surface area contributed by atoms with Crippen molar-refractivity contribution in [2.24, 2.45) is 11.7 Å². The van der Waals surface area contributed by atoms with E-state index in [1.807, 2.05) is 6.92 Å². The SMILES string of the molecule is CC[C@@H](N)C[C@@H]1CC1(F)F. The number of rotatable bonds is 3. The molecule has 1 aliphatic carbocycles. The molecule has 1 nitrogen and oxygen atoms in total. The van der Waals surface area contributed by atoms with Crippen LogP contribution >= 0.6 is 0 Å². The number of alkyl halides is 2. The molecule has 0 bridgehead atoms. The summed E-state index contributed by atoms with van der Waals surface area (Å²) in [5.41, 5.74) is 5.50. The van der Waals surface area contributed by atoms with E-state index in [9.17, 15) is 8.78 Å². The predicted octanol–water partition coefficient (Wildman–Crippen LogP) is 1.77. The molecule has 0 saturated heterocycles. The van der Waals surface area contributed by atoms with Crippen LogP contribution in [0.25, 0.3) is 0 Å². The van der Waals surface area contributed by atoms with Crippen molar-refractivity contribution in [2.75, 3.05) is 0 Å². The Kier molecular flexibility index (Phi) is 1.95. The molecular weight excluding hydrogens is 136 g/mol. The average molecular weight is 149 g/mol. The van der Waals surface area contributed by atoms with E-state index < -0.39 is 11.8 Å². The third-order valence-corrected chi connectivity index (χ3v) is 2.07. The summed E-state index contributed by atoms with van der Waals surface area (Å²) in [4.78, 5) is 0. The quantitative estimate of drug-likeness (QED) is 0.650. The molecule has 0 aromatic carbocycles. The summed E-state index contributed by atoms with van der Waals surface area (Å²) in [6.07, 6.45) is 1.34. The van der Waals surface area contributed by atoms with Gasteiger partial charge in [-0.2, -0.15) is 0 Å². The van der Waals surface area contributed by atoms with Gasteiger partial charge in [-0.3, -0.25) is 0 Å². The van der Waals surface area contributed by atoms with Crippen molar-refractivity contribution in [3.8, 4) is 0 Å². The first-order valence-electron chi connectivity index (χ1n) is 3.69. The molecule has 10 heavy (non-hydrogen) atoms. The summed E-state index contributed by atoms with van der Waals surface area (Å²) >= 11 is 0. The molecule has 0 spiro atoms. The Bertz CT molecular complexity index is 125. The number of hydrogen-bond donors (Lipinski definition) is 1. The second-order valence-corrected chi connectivity index (χ2v) is 3.07. The summed E-state index contributed by atoms with van der Waals surface area (Å²) in [7, 11) is 0. The van der Waals surface area contributed by atoms with Crippen LogP contribution in [0.15, 0.2) is 0 Å². The maximum atomic E-state index is 12.2. The van der Waals surface area contributed by atoms with E-state index in [0.717, 1.165) is 6.42 Å². The highest BCUT2D eigenvalue weighted by Crippen LogP contribution is 2.51. The van der Waals surface area contributed by atoms with Gasteiger partial charge in [-0.1, -0.05) is 6.92 Å². The third-order valence-electron chi connectivity index (χ3n) is 2.07. The summed E-state index contributed by atoms with van der Waals surface area (Å²) < 4.78 is 24.5. The largest absolute Gasteiger partial charge is 0.328 e. The zero-order chi connectivity index (χ0) is 7.78. The summed E-state index contributed by atoms with van der Waals surface area (Å²) in [5.74, 6) is -2.80. The van der Waals surface area contributed by atoms with Gasteiger partial charge in [0.05, 0.1) is 0 Å². The van der Waals surface area contributed by atoms with E-state index in [0.29, 0.717) is 6.42 Å². The Balaban J connectivity index is 2.17. The van der Waals surface area contributed by atoms with E-state index in [-0.39, 0.29) is 12.5 Å². The topological polar surface area (TPSA) is 26.0 Å². The van der Waals surface area contributed by atoms with Crippen LogP contribution in [0.1, 0.15) is 26.2 Å². The van der Waals surface area contributed by atoms with Crippen molar-refractivity contribution >= 4 is 0 Å². The van der Waals surface area contributed by atoms with Gasteiger partial charge >= 0.3 is 0 Å². The molecule has 0 amide bonds. The lowest BCUT2D eigenvalue weighted by molar-refractivity contribution is 0.0953. The molecule has 3 heteroatoms. The highest BCUT2D eigenvalue weighted by molar-refractivity contribution is 4.96. The van der Waals surface area contributed by atoms with E-state index in [1.54, 1.807) is 0 Å². The second kappa shape index (κ2) is 2.46. The third kappa shape index (κ3) is 1.66. The van der Waals surface area contributed by atoms with Gasteiger partial charge in [0.25, 0.3) is 5.92 Å². The minimum absolute atomic E-state index is 0.0293. The molecule has 0 radical (unpaired) electrons. The van der Waals surface area contributed by atoms with E-state index in [1.165, 1.54) is 0 Å². The summed E-state index contributed by atoms with van der Waals surface area (Å²) in [6.45, 7) is 1.92. The molecule has 1 saturated carbocycles. The first-order chi connectivity index (χ1) is 4.56. The van der Waals surface area contributed by atoms with Crippen LogP contribution in [0.2, 0.25) is 0 Å². The molecule has 2 atom stereocenters. The van der Waals surface area contributed by atoms with Crippen LogP contribution < -0.4 is 5.73 Å². The second-order valence-electron chi connectivity index (χ2n) is 3.07. The minimum Gasteiger partial charge on any atom is -0.328 e. The monoisotopic (exact) mass is 149 g/mol. The molecular formula is C7H13F2N. The van der Waals surface area contributed by atoms with E-state index >= 15 is 0 Å². The predicted molar refractivity (Wildman–Crippen MR) is 35.9 cm³/mol. The Labute approximate surface area is 59.6 Å². The molecule has 60 valence electrons. The van der Waals surface area contributed by atoms with Crippen LogP contribution in [-0.2, 0) is 0 Å².